The van der Waals surface area contributed by atoms with E-state index in [4.69, 9.17) is 19.9 Å². The molecule has 2 heterocycles. The average molecular weight is 547 g/mol. The zero-order valence-corrected chi connectivity index (χ0v) is 22.6. The molecule has 0 spiro atoms. The molecule has 0 aliphatic heterocycles. The summed E-state index contributed by atoms with van der Waals surface area (Å²) in [6.07, 6.45) is 0. The Hall–Kier alpha value is -3.77. The first-order valence-electron chi connectivity index (χ1n) is 11.7. The first-order valence-corrected chi connectivity index (χ1v) is 13.2. The second-order valence-electron chi connectivity index (χ2n) is 9.56. The predicted molar refractivity (Wildman–Crippen MR) is 140 cm³/mol. The van der Waals surface area contributed by atoms with E-state index in [1.807, 2.05) is 18.6 Å². The fraction of sp³-hybridized carbons (Fsp3) is 0.346. The lowest BCUT2D eigenvalue weighted by atomic mass is 10.1. The van der Waals surface area contributed by atoms with E-state index in [2.05, 4.69) is 9.97 Å². The van der Waals surface area contributed by atoms with Gasteiger partial charge in [0.05, 0.1) is 18.9 Å². The van der Waals surface area contributed by atoms with Gasteiger partial charge in [0, 0.05) is 18.7 Å². The number of amides is 1. The van der Waals surface area contributed by atoms with Gasteiger partial charge >= 0.3 is 0 Å². The molecule has 0 aliphatic rings. The number of halogens is 1. The quantitative estimate of drug-likeness (QED) is 0.367. The van der Waals surface area contributed by atoms with Crippen LogP contribution in [-0.4, -0.2) is 50.2 Å². The number of anilines is 1. The molecule has 1 aromatic carbocycles. The molecule has 0 aliphatic carbocycles. The minimum Gasteiger partial charge on any atom is -0.493 e. The minimum absolute atomic E-state index is 0.0245. The number of hydrogen-bond donors (Lipinski definition) is 2. The van der Waals surface area contributed by atoms with E-state index >= 15 is 0 Å². The van der Waals surface area contributed by atoms with Crippen molar-refractivity contribution >= 4 is 21.7 Å². The number of ether oxygens (including phenoxy) is 3. The Morgan fingerprint density at radius 3 is 2.53 bits per heavy atom. The number of benzene rings is 1. The zero-order valence-electron chi connectivity index (χ0n) is 21.8. The first-order chi connectivity index (χ1) is 17.8. The van der Waals surface area contributed by atoms with Gasteiger partial charge in [-0.1, -0.05) is 19.9 Å². The van der Waals surface area contributed by atoms with Crippen LogP contribution < -0.4 is 19.9 Å². The van der Waals surface area contributed by atoms with E-state index < -0.39 is 32.4 Å². The van der Waals surface area contributed by atoms with Crippen LogP contribution >= 0.6 is 0 Å². The Kier molecular flexibility index (Phi) is 8.89. The maximum Gasteiger partial charge on any atom is 0.281 e. The standard InChI is InChI=1S/C26H31FN4O6S/c1-16(2)14-36-19-12-17(11-18(27)13-19)21-10-9-20(25(29-21)37-26(3,4)15-35-5)24(32)31-38(33,34)23-8-6-7-22(28)30-23/h6-13,16H,14-15H2,1-5H3,(H2,28,30)(H,31,32). The largest absolute Gasteiger partial charge is 0.493 e. The fourth-order valence-electron chi connectivity index (χ4n) is 3.36. The lowest BCUT2D eigenvalue weighted by Gasteiger charge is -2.26. The van der Waals surface area contributed by atoms with Crippen molar-refractivity contribution in [3.05, 3.63) is 59.9 Å². The topological polar surface area (TPSA) is 143 Å². The number of aromatic nitrogens is 2. The summed E-state index contributed by atoms with van der Waals surface area (Å²) in [5, 5.41) is -0.425. The van der Waals surface area contributed by atoms with Crippen molar-refractivity contribution in [1.82, 2.24) is 14.7 Å². The van der Waals surface area contributed by atoms with Crippen molar-refractivity contribution in [3.63, 3.8) is 0 Å². The first kappa shape index (κ1) is 28.8. The fourth-order valence-corrected chi connectivity index (χ4v) is 4.30. The summed E-state index contributed by atoms with van der Waals surface area (Å²) in [5.74, 6) is -1.18. The number of nitrogens with one attached hydrogen (secondary N) is 1. The molecule has 0 saturated heterocycles. The number of rotatable bonds is 11. The lowest BCUT2D eigenvalue weighted by molar-refractivity contribution is 0.0144. The highest BCUT2D eigenvalue weighted by molar-refractivity contribution is 7.90. The third-order valence-electron chi connectivity index (χ3n) is 4.97. The van der Waals surface area contributed by atoms with Crippen molar-refractivity contribution in [2.45, 2.75) is 38.3 Å². The summed E-state index contributed by atoms with van der Waals surface area (Å²) in [4.78, 5) is 21.3. The van der Waals surface area contributed by atoms with Crippen LogP contribution in [0, 0.1) is 11.7 Å². The van der Waals surface area contributed by atoms with E-state index in [1.54, 1.807) is 19.9 Å². The van der Waals surface area contributed by atoms with Gasteiger partial charge in [0.2, 0.25) is 5.88 Å². The molecule has 0 saturated carbocycles. The van der Waals surface area contributed by atoms with Gasteiger partial charge in [-0.15, -0.1) is 0 Å². The van der Waals surface area contributed by atoms with Gasteiger partial charge in [0.1, 0.15) is 28.5 Å². The molecule has 3 N–H and O–H groups in total. The molecule has 3 rings (SSSR count). The van der Waals surface area contributed by atoms with Gasteiger partial charge in [0.15, 0.2) is 5.03 Å². The number of nitrogens with two attached hydrogens (primary N) is 1. The highest BCUT2D eigenvalue weighted by Crippen LogP contribution is 2.30. The number of nitrogen functional groups attached to an aromatic ring is 1. The molecule has 12 heteroatoms. The van der Waals surface area contributed by atoms with E-state index in [1.165, 1.54) is 49.6 Å². The van der Waals surface area contributed by atoms with E-state index in [0.717, 1.165) is 0 Å². The van der Waals surface area contributed by atoms with Crippen LogP contribution in [0.4, 0.5) is 10.2 Å². The SMILES string of the molecule is COCC(C)(C)Oc1nc(-c2cc(F)cc(OCC(C)C)c2)ccc1C(=O)NS(=O)(=O)c1cccc(N)n1. The van der Waals surface area contributed by atoms with Crippen LogP contribution in [0.5, 0.6) is 11.6 Å². The minimum atomic E-state index is -4.35. The number of nitrogens with zero attached hydrogens (tertiary/aromatic N) is 2. The number of carbonyl (C=O) groups excluding carboxylic acids is 1. The number of pyridine rings is 2. The average Bonchev–Trinajstić information content (AvgIpc) is 2.81. The zero-order chi connectivity index (χ0) is 28.1. The Bertz CT molecular complexity index is 1410. The maximum atomic E-state index is 14.4. The van der Waals surface area contributed by atoms with Crippen molar-refractivity contribution in [3.8, 4) is 22.9 Å². The van der Waals surface area contributed by atoms with Gasteiger partial charge in [-0.2, -0.15) is 8.42 Å². The van der Waals surface area contributed by atoms with Crippen molar-refractivity contribution in [2.75, 3.05) is 26.1 Å². The maximum absolute atomic E-state index is 14.4. The van der Waals surface area contributed by atoms with Crippen LogP contribution in [0.1, 0.15) is 38.1 Å². The molecule has 10 nitrogen and oxygen atoms in total. The van der Waals surface area contributed by atoms with Crippen LogP contribution in [0.2, 0.25) is 0 Å². The second kappa shape index (κ2) is 11.7. The van der Waals surface area contributed by atoms with Crippen LogP contribution in [0.3, 0.4) is 0 Å². The third-order valence-corrected chi connectivity index (χ3v) is 6.20. The van der Waals surface area contributed by atoms with Gasteiger partial charge in [-0.05, 0) is 56.2 Å². The molecular weight excluding hydrogens is 515 g/mol. The Morgan fingerprint density at radius 1 is 1.13 bits per heavy atom. The summed E-state index contributed by atoms with van der Waals surface area (Å²) in [6, 6.07) is 11.0. The Labute approximate surface area is 221 Å². The van der Waals surface area contributed by atoms with Crippen LogP contribution in [0.25, 0.3) is 11.3 Å². The van der Waals surface area contributed by atoms with E-state index in [0.29, 0.717) is 17.9 Å². The highest BCUT2D eigenvalue weighted by atomic mass is 32.2. The number of sulfonamides is 1. The smallest absolute Gasteiger partial charge is 0.281 e. The Morgan fingerprint density at radius 2 is 1.87 bits per heavy atom. The Balaban J connectivity index is 2.02. The molecule has 0 fully saturated rings. The second-order valence-corrected chi connectivity index (χ2v) is 11.2. The number of hydrogen-bond acceptors (Lipinski definition) is 9. The number of carbonyl (C=O) groups is 1. The molecule has 204 valence electrons. The monoisotopic (exact) mass is 546 g/mol. The molecule has 0 unspecified atom stereocenters. The van der Waals surface area contributed by atoms with E-state index in [9.17, 15) is 17.6 Å². The summed E-state index contributed by atoms with van der Waals surface area (Å²) >= 11 is 0. The van der Waals surface area contributed by atoms with Crippen molar-refractivity contribution in [2.24, 2.45) is 5.92 Å². The normalized spacial score (nSPS) is 11.9. The lowest BCUT2D eigenvalue weighted by Crippen LogP contribution is -2.36. The van der Waals surface area contributed by atoms with Crippen molar-refractivity contribution in [1.29, 1.82) is 0 Å². The molecule has 1 amide bonds. The molecule has 3 aromatic rings. The van der Waals surface area contributed by atoms with Crippen LogP contribution in [-0.2, 0) is 14.8 Å². The highest BCUT2D eigenvalue weighted by Gasteiger charge is 2.28. The number of methoxy groups -OCH3 is 1. The molecule has 0 bridgehead atoms. The van der Waals surface area contributed by atoms with Gasteiger partial charge < -0.3 is 19.9 Å². The summed E-state index contributed by atoms with van der Waals surface area (Å²) < 4.78 is 58.7. The summed E-state index contributed by atoms with van der Waals surface area (Å²) in [5.41, 5.74) is 5.12. The predicted octanol–water partition coefficient (Wildman–Crippen LogP) is 3.82. The van der Waals surface area contributed by atoms with Gasteiger partial charge in [-0.3, -0.25) is 4.79 Å². The van der Waals surface area contributed by atoms with E-state index in [-0.39, 0.29) is 35.5 Å². The van der Waals surface area contributed by atoms with Gasteiger partial charge in [0.25, 0.3) is 15.9 Å². The molecule has 0 atom stereocenters. The van der Waals surface area contributed by atoms with Gasteiger partial charge in [-0.25, -0.2) is 19.1 Å². The molecule has 0 radical (unpaired) electrons. The summed E-state index contributed by atoms with van der Waals surface area (Å²) in [7, 11) is -2.87. The van der Waals surface area contributed by atoms with Crippen LogP contribution in [0.15, 0.2) is 53.6 Å². The third kappa shape index (κ3) is 7.62. The summed E-state index contributed by atoms with van der Waals surface area (Å²) in [6.45, 7) is 7.89. The molecule has 38 heavy (non-hydrogen) atoms. The van der Waals surface area contributed by atoms with Crippen molar-refractivity contribution < 1.29 is 31.8 Å². The molecule has 2 aromatic heterocycles. The molecular formula is C26H31FN4O6S.